The zero-order valence-corrected chi connectivity index (χ0v) is 11.8. The van der Waals surface area contributed by atoms with E-state index < -0.39 is 0 Å². The van der Waals surface area contributed by atoms with E-state index in [0.717, 1.165) is 16.6 Å². The van der Waals surface area contributed by atoms with E-state index >= 15 is 0 Å². The molecule has 5 heteroatoms. The summed E-state index contributed by atoms with van der Waals surface area (Å²) in [5.74, 6) is 0.186. The summed E-state index contributed by atoms with van der Waals surface area (Å²) in [7, 11) is 0. The summed E-state index contributed by atoms with van der Waals surface area (Å²) in [5, 5.41) is 3.36. The molecule has 1 amide bonds. The molecule has 2 aromatic carbocycles. The molecule has 1 aromatic heterocycles. The Bertz CT molecular complexity index is 773. The van der Waals surface area contributed by atoms with Gasteiger partial charge in [0.2, 0.25) is 5.95 Å². The van der Waals surface area contributed by atoms with Gasteiger partial charge < -0.3 is 4.98 Å². The van der Waals surface area contributed by atoms with E-state index in [1.807, 2.05) is 36.4 Å². The van der Waals surface area contributed by atoms with Gasteiger partial charge in [-0.3, -0.25) is 10.1 Å². The predicted molar refractivity (Wildman–Crippen MR) is 85.2 cm³/mol. The van der Waals surface area contributed by atoms with Crippen LogP contribution in [0.2, 0.25) is 5.02 Å². The molecule has 1 heterocycles. The Kier molecular flexibility index (Phi) is 3.71. The van der Waals surface area contributed by atoms with Gasteiger partial charge in [-0.05, 0) is 35.9 Å². The number of H-pyrrole nitrogens is 1. The lowest BCUT2D eigenvalue weighted by Gasteiger charge is -1.96. The predicted octanol–water partition coefficient (Wildman–Crippen LogP) is 3.87. The van der Waals surface area contributed by atoms with Crippen LogP contribution in [0.4, 0.5) is 5.95 Å². The van der Waals surface area contributed by atoms with Gasteiger partial charge in [-0.15, -0.1) is 0 Å². The zero-order chi connectivity index (χ0) is 14.7. The highest BCUT2D eigenvalue weighted by atomic mass is 35.5. The molecule has 104 valence electrons. The van der Waals surface area contributed by atoms with Gasteiger partial charge >= 0.3 is 0 Å². The second kappa shape index (κ2) is 5.81. The number of halogens is 1. The van der Waals surface area contributed by atoms with Crippen LogP contribution in [0.25, 0.3) is 17.1 Å². The maximum atomic E-state index is 11.8. The molecular weight excluding hydrogens is 286 g/mol. The number of amides is 1. The molecule has 0 saturated carbocycles. The number of rotatable bonds is 3. The van der Waals surface area contributed by atoms with E-state index in [1.54, 1.807) is 18.2 Å². The monoisotopic (exact) mass is 297 g/mol. The minimum atomic E-state index is -0.246. The van der Waals surface area contributed by atoms with Crippen LogP contribution in [-0.4, -0.2) is 15.9 Å². The number of carbonyl (C=O) groups excluding carboxylic acids is 1. The number of hydrogen-bond donors (Lipinski definition) is 2. The summed E-state index contributed by atoms with van der Waals surface area (Å²) in [6, 6.07) is 14.8. The van der Waals surface area contributed by atoms with E-state index in [9.17, 15) is 4.79 Å². The lowest BCUT2D eigenvalue weighted by Crippen LogP contribution is -2.08. The minimum absolute atomic E-state index is 0.246. The van der Waals surface area contributed by atoms with Crippen molar-refractivity contribution in [3.05, 3.63) is 65.2 Å². The maximum Gasteiger partial charge on any atom is 0.250 e. The van der Waals surface area contributed by atoms with Crippen LogP contribution in [0, 0.1) is 0 Å². The fraction of sp³-hybridized carbons (Fsp3) is 0. The number of para-hydroxylation sites is 2. The third kappa shape index (κ3) is 3.30. The first-order valence-electron chi connectivity index (χ1n) is 6.40. The van der Waals surface area contributed by atoms with E-state index in [2.05, 4.69) is 15.3 Å². The number of hydrogen-bond acceptors (Lipinski definition) is 2. The van der Waals surface area contributed by atoms with Gasteiger partial charge in [0.15, 0.2) is 0 Å². The first-order chi connectivity index (χ1) is 10.2. The third-order valence-corrected chi connectivity index (χ3v) is 3.18. The molecule has 0 radical (unpaired) electrons. The number of nitrogens with one attached hydrogen (secondary N) is 2. The fourth-order valence-electron chi connectivity index (χ4n) is 1.92. The van der Waals surface area contributed by atoms with Gasteiger partial charge in [0.25, 0.3) is 5.91 Å². The number of aromatic nitrogens is 2. The molecule has 0 aliphatic rings. The normalized spacial score (nSPS) is 11.1. The Morgan fingerprint density at radius 3 is 2.67 bits per heavy atom. The summed E-state index contributed by atoms with van der Waals surface area (Å²) in [4.78, 5) is 19.2. The number of carbonyl (C=O) groups is 1. The molecule has 3 rings (SSSR count). The Morgan fingerprint density at radius 1 is 1.14 bits per heavy atom. The number of aromatic amines is 1. The quantitative estimate of drug-likeness (QED) is 0.721. The summed E-state index contributed by atoms with van der Waals surface area (Å²) < 4.78 is 0. The van der Waals surface area contributed by atoms with Gasteiger partial charge in [-0.1, -0.05) is 35.9 Å². The summed E-state index contributed by atoms with van der Waals surface area (Å²) in [6.45, 7) is 0. The first kappa shape index (κ1) is 13.4. The average molecular weight is 298 g/mol. The van der Waals surface area contributed by atoms with Crippen molar-refractivity contribution in [3.63, 3.8) is 0 Å². The molecule has 0 bridgehead atoms. The van der Waals surface area contributed by atoms with Crippen LogP contribution in [0.3, 0.4) is 0 Å². The van der Waals surface area contributed by atoms with Crippen LogP contribution in [-0.2, 0) is 4.79 Å². The van der Waals surface area contributed by atoms with Crippen molar-refractivity contribution in [2.24, 2.45) is 0 Å². The molecule has 0 spiro atoms. The summed E-state index contributed by atoms with van der Waals surface area (Å²) >= 11 is 5.80. The minimum Gasteiger partial charge on any atom is -0.324 e. The molecule has 21 heavy (non-hydrogen) atoms. The van der Waals surface area contributed by atoms with Crippen molar-refractivity contribution in [2.75, 3.05) is 5.32 Å². The summed E-state index contributed by atoms with van der Waals surface area (Å²) in [6.07, 6.45) is 3.17. The van der Waals surface area contributed by atoms with Crippen LogP contribution in [0.1, 0.15) is 5.56 Å². The Hall–Kier alpha value is -2.59. The SMILES string of the molecule is O=C(/C=C/c1ccc(Cl)cc1)Nc1nc2ccccc2[nH]1. The molecule has 4 nitrogen and oxygen atoms in total. The Labute approximate surface area is 126 Å². The zero-order valence-electron chi connectivity index (χ0n) is 11.0. The molecule has 3 aromatic rings. The molecule has 0 saturated heterocycles. The highest BCUT2D eigenvalue weighted by molar-refractivity contribution is 6.30. The van der Waals surface area contributed by atoms with Gasteiger partial charge in [-0.25, -0.2) is 4.98 Å². The Morgan fingerprint density at radius 2 is 1.90 bits per heavy atom. The second-order valence-electron chi connectivity index (χ2n) is 4.48. The standard InChI is InChI=1S/C16H12ClN3O/c17-12-8-5-11(6-9-12)7-10-15(21)20-16-18-13-3-1-2-4-14(13)19-16/h1-10H,(H2,18,19,20,21)/b10-7+. The number of imidazole rings is 1. The molecule has 0 aliphatic carbocycles. The van der Waals surface area contributed by atoms with Crippen molar-refractivity contribution in [2.45, 2.75) is 0 Å². The summed E-state index contributed by atoms with van der Waals surface area (Å²) in [5.41, 5.74) is 2.60. The van der Waals surface area contributed by atoms with Crippen LogP contribution >= 0.6 is 11.6 Å². The smallest absolute Gasteiger partial charge is 0.250 e. The molecular formula is C16H12ClN3O. The van der Waals surface area contributed by atoms with Crippen molar-refractivity contribution in [3.8, 4) is 0 Å². The molecule has 0 unspecified atom stereocenters. The van der Waals surface area contributed by atoms with Crippen LogP contribution in [0.5, 0.6) is 0 Å². The number of nitrogens with zero attached hydrogens (tertiary/aromatic N) is 1. The van der Waals surface area contributed by atoms with E-state index in [4.69, 9.17) is 11.6 Å². The van der Waals surface area contributed by atoms with E-state index in [0.29, 0.717) is 11.0 Å². The third-order valence-electron chi connectivity index (χ3n) is 2.93. The van der Waals surface area contributed by atoms with Crippen LogP contribution in [0.15, 0.2) is 54.6 Å². The molecule has 0 fully saturated rings. The Balaban J connectivity index is 1.69. The number of anilines is 1. The highest BCUT2D eigenvalue weighted by Crippen LogP contribution is 2.13. The average Bonchev–Trinajstić information content (AvgIpc) is 2.88. The van der Waals surface area contributed by atoms with Crippen molar-refractivity contribution < 1.29 is 4.79 Å². The van der Waals surface area contributed by atoms with Gasteiger partial charge in [0.05, 0.1) is 11.0 Å². The van der Waals surface area contributed by atoms with E-state index in [1.165, 1.54) is 6.08 Å². The first-order valence-corrected chi connectivity index (χ1v) is 6.78. The lowest BCUT2D eigenvalue weighted by molar-refractivity contribution is -0.111. The van der Waals surface area contributed by atoms with Crippen molar-refractivity contribution in [1.82, 2.24) is 9.97 Å². The number of benzene rings is 2. The van der Waals surface area contributed by atoms with Gasteiger partial charge in [0, 0.05) is 11.1 Å². The lowest BCUT2D eigenvalue weighted by atomic mass is 10.2. The molecule has 0 atom stereocenters. The maximum absolute atomic E-state index is 11.8. The topological polar surface area (TPSA) is 57.8 Å². The van der Waals surface area contributed by atoms with Crippen molar-refractivity contribution >= 4 is 40.6 Å². The highest BCUT2D eigenvalue weighted by Gasteiger charge is 2.03. The molecule has 0 aliphatic heterocycles. The largest absolute Gasteiger partial charge is 0.324 e. The van der Waals surface area contributed by atoms with Gasteiger partial charge in [0.1, 0.15) is 0 Å². The van der Waals surface area contributed by atoms with E-state index in [-0.39, 0.29) is 5.91 Å². The molecule has 2 N–H and O–H groups in total. The van der Waals surface area contributed by atoms with Crippen LogP contribution < -0.4 is 5.32 Å². The second-order valence-corrected chi connectivity index (χ2v) is 4.91. The number of fused-ring (bicyclic) bond motifs is 1. The fourth-order valence-corrected chi connectivity index (χ4v) is 2.04. The van der Waals surface area contributed by atoms with Gasteiger partial charge in [-0.2, -0.15) is 0 Å². The van der Waals surface area contributed by atoms with Crippen molar-refractivity contribution in [1.29, 1.82) is 0 Å².